The lowest BCUT2D eigenvalue weighted by atomic mass is 10.1. The standard InChI is InChI=1S/C13H16F3N3O/c1-17-13(20)12-6-18-2-3-19(12)7-8-4-10(15)11(16)5-9(8)14/h4-5,12,18H,2-3,6-7H2,1H3,(H,17,20). The van der Waals surface area contributed by atoms with Crippen molar-refractivity contribution in [3.05, 3.63) is 35.1 Å². The number of piperazine rings is 1. The molecule has 0 bridgehead atoms. The number of likely N-dealkylation sites (N-methyl/N-ethyl adjacent to an activating group) is 1. The highest BCUT2D eigenvalue weighted by Crippen LogP contribution is 2.17. The minimum Gasteiger partial charge on any atom is -0.358 e. The zero-order chi connectivity index (χ0) is 14.7. The molecule has 20 heavy (non-hydrogen) atoms. The van der Waals surface area contributed by atoms with E-state index < -0.39 is 23.5 Å². The van der Waals surface area contributed by atoms with Crippen LogP contribution in [-0.4, -0.2) is 43.5 Å². The van der Waals surface area contributed by atoms with Crippen molar-refractivity contribution in [3.8, 4) is 0 Å². The van der Waals surface area contributed by atoms with E-state index in [1.807, 2.05) is 0 Å². The van der Waals surface area contributed by atoms with Gasteiger partial charge in [0.2, 0.25) is 5.91 Å². The van der Waals surface area contributed by atoms with Gasteiger partial charge in [-0.15, -0.1) is 0 Å². The number of hydrogen-bond acceptors (Lipinski definition) is 3. The number of hydrogen-bond donors (Lipinski definition) is 2. The Morgan fingerprint density at radius 2 is 2.05 bits per heavy atom. The Bertz CT molecular complexity index is 510. The van der Waals surface area contributed by atoms with Gasteiger partial charge in [-0.3, -0.25) is 9.69 Å². The highest BCUT2D eigenvalue weighted by molar-refractivity contribution is 5.81. The lowest BCUT2D eigenvalue weighted by Crippen LogP contribution is -2.56. The van der Waals surface area contributed by atoms with E-state index in [0.717, 1.165) is 6.07 Å². The molecule has 1 atom stereocenters. The molecular formula is C13H16F3N3O. The highest BCUT2D eigenvalue weighted by atomic mass is 19.2. The molecule has 0 saturated carbocycles. The first-order chi connectivity index (χ1) is 9.52. The number of amides is 1. The van der Waals surface area contributed by atoms with Crippen LogP contribution in [0.25, 0.3) is 0 Å². The van der Waals surface area contributed by atoms with Gasteiger partial charge in [0, 0.05) is 44.9 Å². The van der Waals surface area contributed by atoms with Crippen LogP contribution >= 0.6 is 0 Å². The molecule has 1 heterocycles. The van der Waals surface area contributed by atoms with Gasteiger partial charge in [-0.25, -0.2) is 13.2 Å². The Balaban J connectivity index is 2.18. The number of halogens is 3. The van der Waals surface area contributed by atoms with Crippen LogP contribution in [0.2, 0.25) is 0 Å². The van der Waals surface area contributed by atoms with Crippen LogP contribution in [-0.2, 0) is 11.3 Å². The maximum atomic E-state index is 13.6. The summed E-state index contributed by atoms with van der Waals surface area (Å²) in [6.45, 7) is 1.67. The maximum absolute atomic E-state index is 13.6. The molecular weight excluding hydrogens is 271 g/mol. The second-order valence-corrected chi connectivity index (χ2v) is 4.66. The summed E-state index contributed by atoms with van der Waals surface area (Å²) in [7, 11) is 1.52. The second kappa shape index (κ2) is 6.23. The third-order valence-corrected chi connectivity index (χ3v) is 3.37. The highest BCUT2D eigenvalue weighted by Gasteiger charge is 2.28. The molecule has 1 aromatic rings. The first-order valence-corrected chi connectivity index (χ1v) is 6.32. The number of rotatable bonds is 3. The topological polar surface area (TPSA) is 44.4 Å². The van der Waals surface area contributed by atoms with Crippen molar-refractivity contribution in [3.63, 3.8) is 0 Å². The molecule has 1 aliphatic rings. The van der Waals surface area contributed by atoms with E-state index in [9.17, 15) is 18.0 Å². The lowest BCUT2D eigenvalue weighted by Gasteiger charge is -2.34. The normalized spacial score (nSPS) is 19.9. The number of carbonyl (C=O) groups is 1. The maximum Gasteiger partial charge on any atom is 0.238 e. The van der Waals surface area contributed by atoms with Gasteiger partial charge >= 0.3 is 0 Å². The summed E-state index contributed by atoms with van der Waals surface area (Å²) in [5, 5.41) is 5.61. The van der Waals surface area contributed by atoms with Crippen LogP contribution in [0.5, 0.6) is 0 Å². The molecule has 1 aromatic carbocycles. The molecule has 1 fully saturated rings. The van der Waals surface area contributed by atoms with Crippen molar-refractivity contribution in [1.82, 2.24) is 15.5 Å². The SMILES string of the molecule is CNC(=O)C1CNCCN1Cc1cc(F)c(F)cc1F. The summed E-state index contributed by atoms with van der Waals surface area (Å²) in [5.74, 6) is -3.30. The van der Waals surface area contributed by atoms with Crippen LogP contribution in [0.15, 0.2) is 12.1 Å². The van der Waals surface area contributed by atoms with Gasteiger partial charge in [0.25, 0.3) is 0 Å². The minimum absolute atomic E-state index is 0.0414. The Labute approximate surface area is 114 Å². The first-order valence-electron chi connectivity index (χ1n) is 6.32. The molecule has 0 radical (unpaired) electrons. The molecule has 110 valence electrons. The molecule has 7 heteroatoms. The fourth-order valence-electron chi connectivity index (χ4n) is 2.26. The molecule has 0 spiro atoms. The summed E-state index contributed by atoms with van der Waals surface area (Å²) in [4.78, 5) is 13.5. The Kier molecular flexibility index (Phi) is 4.61. The van der Waals surface area contributed by atoms with Gasteiger partial charge in [0.15, 0.2) is 11.6 Å². The predicted octanol–water partition coefficient (Wildman–Crippen LogP) is 0.624. The van der Waals surface area contributed by atoms with Crippen molar-refractivity contribution in [2.45, 2.75) is 12.6 Å². The third kappa shape index (κ3) is 3.10. The molecule has 1 unspecified atom stereocenters. The van der Waals surface area contributed by atoms with Gasteiger partial charge in [-0.05, 0) is 6.07 Å². The van der Waals surface area contributed by atoms with Gasteiger partial charge in [-0.2, -0.15) is 0 Å². The Hall–Kier alpha value is -1.60. The van der Waals surface area contributed by atoms with Gasteiger partial charge in [0.1, 0.15) is 11.9 Å². The number of nitrogens with one attached hydrogen (secondary N) is 2. The van der Waals surface area contributed by atoms with E-state index in [2.05, 4.69) is 10.6 Å². The van der Waals surface area contributed by atoms with E-state index in [0.29, 0.717) is 25.7 Å². The summed E-state index contributed by atoms with van der Waals surface area (Å²) < 4.78 is 39.7. The number of carbonyl (C=O) groups excluding carboxylic acids is 1. The van der Waals surface area contributed by atoms with Crippen LogP contribution in [0.1, 0.15) is 5.56 Å². The average molecular weight is 287 g/mol. The predicted molar refractivity (Wildman–Crippen MR) is 67.5 cm³/mol. The number of benzene rings is 1. The summed E-state index contributed by atoms with van der Waals surface area (Å²) in [6.07, 6.45) is 0. The summed E-state index contributed by atoms with van der Waals surface area (Å²) >= 11 is 0. The monoisotopic (exact) mass is 287 g/mol. The fraction of sp³-hybridized carbons (Fsp3) is 0.462. The van der Waals surface area contributed by atoms with E-state index in [4.69, 9.17) is 0 Å². The van der Waals surface area contributed by atoms with Crippen molar-refractivity contribution in [2.24, 2.45) is 0 Å². The quantitative estimate of drug-likeness (QED) is 0.801. The largest absolute Gasteiger partial charge is 0.358 e. The molecule has 0 aromatic heterocycles. The lowest BCUT2D eigenvalue weighted by molar-refractivity contribution is -0.126. The van der Waals surface area contributed by atoms with Crippen LogP contribution in [0, 0.1) is 17.5 Å². The van der Waals surface area contributed by atoms with Crippen LogP contribution in [0.3, 0.4) is 0 Å². The van der Waals surface area contributed by atoms with E-state index in [1.165, 1.54) is 7.05 Å². The minimum atomic E-state index is -1.21. The number of nitrogens with zero attached hydrogens (tertiary/aromatic N) is 1. The average Bonchev–Trinajstić information content (AvgIpc) is 2.44. The zero-order valence-corrected chi connectivity index (χ0v) is 11.0. The summed E-state index contributed by atoms with van der Waals surface area (Å²) in [5.41, 5.74) is 0.0414. The molecule has 2 rings (SSSR count). The summed E-state index contributed by atoms with van der Waals surface area (Å²) in [6, 6.07) is 0.913. The van der Waals surface area contributed by atoms with E-state index in [-0.39, 0.29) is 18.0 Å². The third-order valence-electron chi connectivity index (χ3n) is 3.37. The molecule has 1 aliphatic heterocycles. The van der Waals surface area contributed by atoms with E-state index in [1.54, 1.807) is 4.90 Å². The molecule has 2 N–H and O–H groups in total. The van der Waals surface area contributed by atoms with Crippen molar-refractivity contribution in [2.75, 3.05) is 26.7 Å². The van der Waals surface area contributed by atoms with Crippen molar-refractivity contribution in [1.29, 1.82) is 0 Å². The smallest absolute Gasteiger partial charge is 0.238 e. The van der Waals surface area contributed by atoms with Gasteiger partial charge in [-0.1, -0.05) is 0 Å². The van der Waals surface area contributed by atoms with Gasteiger partial charge in [0.05, 0.1) is 0 Å². The fourth-order valence-corrected chi connectivity index (χ4v) is 2.26. The molecule has 1 amide bonds. The molecule has 1 saturated heterocycles. The molecule has 0 aliphatic carbocycles. The second-order valence-electron chi connectivity index (χ2n) is 4.66. The van der Waals surface area contributed by atoms with Crippen molar-refractivity contribution >= 4 is 5.91 Å². The zero-order valence-electron chi connectivity index (χ0n) is 11.0. The van der Waals surface area contributed by atoms with E-state index >= 15 is 0 Å². The van der Waals surface area contributed by atoms with Crippen LogP contribution in [0.4, 0.5) is 13.2 Å². The van der Waals surface area contributed by atoms with Crippen molar-refractivity contribution < 1.29 is 18.0 Å². The van der Waals surface area contributed by atoms with Crippen LogP contribution < -0.4 is 10.6 Å². The Morgan fingerprint density at radius 3 is 2.75 bits per heavy atom. The first kappa shape index (κ1) is 14.8. The van der Waals surface area contributed by atoms with Gasteiger partial charge < -0.3 is 10.6 Å². The Morgan fingerprint density at radius 1 is 1.35 bits per heavy atom. The molecule has 4 nitrogen and oxygen atoms in total.